The molecule has 0 aliphatic carbocycles. The van der Waals surface area contributed by atoms with Gasteiger partial charge in [0.2, 0.25) is 0 Å². The summed E-state index contributed by atoms with van der Waals surface area (Å²) < 4.78 is 13.2. The number of rotatable bonds is 5. The van der Waals surface area contributed by atoms with Crippen molar-refractivity contribution in [2.45, 2.75) is 32.1 Å². The summed E-state index contributed by atoms with van der Waals surface area (Å²) in [5.41, 5.74) is 2.86. The monoisotopic (exact) mass is 272 g/mol. The molecule has 0 bridgehead atoms. The molecular weight excluding hydrogens is 251 g/mol. The maximum atomic E-state index is 13.2. The van der Waals surface area contributed by atoms with Crippen LogP contribution in [0.2, 0.25) is 0 Å². The van der Waals surface area contributed by atoms with Crippen LogP contribution in [0.1, 0.15) is 30.0 Å². The van der Waals surface area contributed by atoms with Gasteiger partial charge in [-0.05, 0) is 48.6 Å². The molecule has 0 saturated carbocycles. The van der Waals surface area contributed by atoms with Crippen molar-refractivity contribution in [3.05, 3.63) is 71.0 Å². The van der Waals surface area contributed by atoms with Crippen LogP contribution in [0.4, 0.5) is 4.39 Å². The third-order valence-corrected chi connectivity index (χ3v) is 4.20. The van der Waals surface area contributed by atoms with Crippen LogP contribution in [-0.2, 0) is 11.8 Å². The molecule has 1 N–H and O–H groups in total. The lowest BCUT2D eigenvalue weighted by molar-refractivity contribution is 0.186. The molecule has 0 fully saturated rings. The van der Waals surface area contributed by atoms with Crippen molar-refractivity contribution >= 4 is 0 Å². The topological polar surface area (TPSA) is 20.2 Å². The summed E-state index contributed by atoms with van der Waals surface area (Å²) in [7, 11) is 0. The molecule has 0 amide bonds. The van der Waals surface area contributed by atoms with Crippen LogP contribution in [0.15, 0.2) is 48.5 Å². The first-order valence-corrected chi connectivity index (χ1v) is 7.03. The molecule has 20 heavy (non-hydrogen) atoms. The van der Waals surface area contributed by atoms with Gasteiger partial charge in [0.05, 0.1) is 6.61 Å². The van der Waals surface area contributed by atoms with Gasteiger partial charge in [0.25, 0.3) is 0 Å². The second-order valence-electron chi connectivity index (χ2n) is 5.41. The van der Waals surface area contributed by atoms with Crippen LogP contribution in [0.5, 0.6) is 0 Å². The third kappa shape index (κ3) is 2.91. The number of halogens is 1. The number of aliphatic hydroxyl groups is 1. The molecule has 0 saturated heterocycles. The van der Waals surface area contributed by atoms with Crippen molar-refractivity contribution in [3.8, 4) is 0 Å². The summed E-state index contributed by atoms with van der Waals surface area (Å²) in [6, 6.07) is 14.9. The SMILES string of the molecule is CCC(CO)(Cc1ccc(F)cc1C)c1ccccc1. The Bertz CT molecular complexity index is 559. The number of aliphatic hydroxyl groups excluding tert-OH is 1. The molecule has 2 aromatic rings. The maximum absolute atomic E-state index is 13.2. The molecule has 2 heteroatoms. The Labute approximate surface area is 120 Å². The lowest BCUT2D eigenvalue weighted by atomic mass is 9.73. The van der Waals surface area contributed by atoms with Gasteiger partial charge in [0, 0.05) is 5.41 Å². The van der Waals surface area contributed by atoms with Gasteiger partial charge in [-0.3, -0.25) is 0 Å². The molecule has 1 atom stereocenters. The molecule has 0 radical (unpaired) electrons. The Morgan fingerprint density at radius 2 is 1.80 bits per heavy atom. The Hall–Kier alpha value is -1.67. The van der Waals surface area contributed by atoms with Crippen molar-refractivity contribution in [2.24, 2.45) is 0 Å². The molecule has 0 aliphatic heterocycles. The second-order valence-corrected chi connectivity index (χ2v) is 5.41. The van der Waals surface area contributed by atoms with Crippen molar-refractivity contribution < 1.29 is 9.50 Å². The Morgan fingerprint density at radius 1 is 1.10 bits per heavy atom. The zero-order valence-corrected chi connectivity index (χ0v) is 12.1. The van der Waals surface area contributed by atoms with E-state index < -0.39 is 0 Å². The van der Waals surface area contributed by atoms with Gasteiger partial charge < -0.3 is 5.11 Å². The zero-order valence-electron chi connectivity index (χ0n) is 12.1. The van der Waals surface area contributed by atoms with E-state index in [1.165, 1.54) is 6.07 Å². The van der Waals surface area contributed by atoms with E-state index in [1.54, 1.807) is 6.07 Å². The molecular formula is C18H21FO. The summed E-state index contributed by atoms with van der Waals surface area (Å²) in [4.78, 5) is 0. The first-order chi connectivity index (χ1) is 9.61. The van der Waals surface area contributed by atoms with E-state index in [4.69, 9.17) is 0 Å². The normalized spacial score (nSPS) is 14.0. The fourth-order valence-electron chi connectivity index (χ4n) is 2.70. The molecule has 1 unspecified atom stereocenters. The molecule has 0 spiro atoms. The minimum absolute atomic E-state index is 0.0876. The molecule has 0 heterocycles. The van der Waals surface area contributed by atoms with Gasteiger partial charge in [-0.2, -0.15) is 0 Å². The summed E-state index contributed by atoms with van der Waals surface area (Å²) in [6.45, 7) is 4.09. The third-order valence-electron chi connectivity index (χ3n) is 4.20. The van der Waals surface area contributed by atoms with Gasteiger partial charge in [-0.15, -0.1) is 0 Å². The zero-order chi connectivity index (χ0) is 14.6. The van der Waals surface area contributed by atoms with Crippen LogP contribution in [-0.4, -0.2) is 11.7 Å². The largest absolute Gasteiger partial charge is 0.395 e. The average Bonchev–Trinajstić information content (AvgIpc) is 2.48. The number of aryl methyl sites for hydroxylation is 1. The summed E-state index contributed by atoms with van der Waals surface area (Å²) in [6.07, 6.45) is 1.56. The molecule has 1 nitrogen and oxygen atoms in total. The van der Waals surface area contributed by atoms with Gasteiger partial charge in [-0.1, -0.05) is 43.3 Å². The van der Waals surface area contributed by atoms with E-state index in [9.17, 15) is 9.50 Å². The quantitative estimate of drug-likeness (QED) is 0.871. The first kappa shape index (κ1) is 14.7. The standard InChI is InChI=1S/C18H21FO/c1-3-18(13-20,16-7-5-4-6-8-16)12-15-9-10-17(19)11-14(15)2/h4-11,20H,3,12-13H2,1-2H3. The summed E-state index contributed by atoms with van der Waals surface area (Å²) in [5, 5.41) is 9.96. The van der Waals surface area contributed by atoms with Crippen molar-refractivity contribution in [1.29, 1.82) is 0 Å². The van der Waals surface area contributed by atoms with Crippen LogP contribution in [0, 0.1) is 12.7 Å². The van der Waals surface area contributed by atoms with E-state index in [0.29, 0.717) is 0 Å². The fourth-order valence-corrected chi connectivity index (χ4v) is 2.70. The molecule has 2 aromatic carbocycles. The number of benzene rings is 2. The van der Waals surface area contributed by atoms with Gasteiger partial charge >= 0.3 is 0 Å². The van der Waals surface area contributed by atoms with Crippen molar-refractivity contribution in [3.63, 3.8) is 0 Å². The predicted molar refractivity (Wildman–Crippen MR) is 80.3 cm³/mol. The highest BCUT2D eigenvalue weighted by atomic mass is 19.1. The lowest BCUT2D eigenvalue weighted by Crippen LogP contribution is -2.32. The highest BCUT2D eigenvalue weighted by Crippen LogP contribution is 2.32. The van der Waals surface area contributed by atoms with Crippen molar-refractivity contribution in [1.82, 2.24) is 0 Å². The molecule has 0 aromatic heterocycles. The highest BCUT2D eigenvalue weighted by molar-refractivity contribution is 5.33. The summed E-state index contributed by atoms with van der Waals surface area (Å²) >= 11 is 0. The predicted octanol–water partition coefficient (Wildman–Crippen LogP) is 4.02. The van der Waals surface area contributed by atoms with E-state index >= 15 is 0 Å². The number of hydrogen-bond acceptors (Lipinski definition) is 1. The van der Waals surface area contributed by atoms with Gasteiger partial charge in [0.1, 0.15) is 5.82 Å². The fraction of sp³-hybridized carbons (Fsp3) is 0.333. The second kappa shape index (κ2) is 6.19. The minimum Gasteiger partial charge on any atom is -0.395 e. The number of hydrogen-bond donors (Lipinski definition) is 1. The molecule has 2 rings (SSSR count). The molecule has 106 valence electrons. The molecule has 0 aliphatic rings. The highest BCUT2D eigenvalue weighted by Gasteiger charge is 2.30. The van der Waals surface area contributed by atoms with E-state index in [-0.39, 0.29) is 17.8 Å². The van der Waals surface area contributed by atoms with Crippen LogP contribution in [0.25, 0.3) is 0 Å². The average molecular weight is 272 g/mol. The Balaban J connectivity index is 2.39. The maximum Gasteiger partial charge on any atom is 0.123 e. The van der Waals surface area contributed by atoms with E-state index in [1.807, 2.05) is 31.2 Å². The Morgan fingerprint density at radius 3 is 2.35 bits per heavy atom. The Kier molecular flexibility index (Phi) is 4.56. The van der Waals surface area contributed by atoms with Crippen molar-refractivity contribution in [2.75, 3.05) is 6.61 Å². The first-order valence-electron chi connectivity index (χ1n) is 7.03. The van der Waals surface area contributed by atoms with Gasteiger partial charge in [0.15, 0.2) is 0 Å². The van der Waals surface area contributed by atoms with E-state index in [0.717, 1.165) is 29.5 Å². The van der Waals surface area contributed by atoms with Crippen LogP contribution in [0.3, 0.4) is 0 Å². The van der Waals surface area contributed by atoms with Crippen LogP contribution >= 0.6 is 0 Å². The summed E-state index contributed by atoms with van der Waals surface area (Å²) in [5.74, 6) is -0.211. The lowest BCUT2D eigenvalue weighted by Gasteiger charge is -2.32. The van der Waals surface area contributed by atoms with Gasteiger partial charge in [-0.25, -0.2) is 4.39 Å². The smallest absolute Gasteiger partial charge is 0.123 e. The minimum atomic E-state index is -0.302. The van der Waals surface area contributed by atoms with E-state index in [2.05, 4.69) is 19.1 Å². The van der Waals surface area contributed by atoms with Crippen LogP contribution < -0.4 is 0 Å².